The quantitative estimate of drug-likeness (QED) is 0.556. The second-order valence-corrected chi connectivity index (χ2v) is 5.67. The number of hydrogen-bond donors (Lipinski definition) is 3. The van der Waals surface area contributed by atoms with E-state index in [4.69, 9.17) is 11.5 Å². The average Bonchev–Trinajstić information content (AvgIpc) is 2.85. The van der Waals surface area contributed by atoms with Crippen molar-refractivity contribution in [1.82, 2.24) is 5.32 Å². The van der Waals surface area contributed by atoms with Crippen molar-refractivity contribution < 1.29 is 9.59 Å². The molecule has 3 atom stereocenters. The smallest absolute Gasteiger partial charge is 0.187 e. The van der Waals surface area contributed by atoms with Gasteiger partial charge in [0, 0.05) is 12.3 Å². The molecule has 17 heavy (non-hydrogen) atoms. The Kier molecular flexibility index (Phi) is 5.12. The minimum absolute atomic E-state index is 0.0629. The normalized spacial score (nSPS) is 27.8. The highest BCUT2D eigenvalue weighted by atomic mass is 32.2. The molecule has 0 aromatic heterocycles. The van der Waals surface area contributed by atoms with Gasteiger partial charge in [-0.15, -0.1) is 11.8 Å². The molecule has 0 spiro atoms. The Balaban J connectivity index is 2.92. The molecule has 1 saturated heterocycles. The van der Waals surface area contributed by atoms with Gasteiger partial charge in [-0.3, -0.25) is 14.9 Å². The standard InChI is InChI=1S/C11H21N3O2S/c1-3-7(2)9(13)10(16)11(8(15)6-12)14-4-5-17-11/h7,9,14H,3-6,12-13H2,1-2H3. The van der Waals surface area contributed by atoms with Crippen LogP contribution < -0.4 is 16.8 Å². The summed E-state index contributed by atoms with van der Waals surface area (Å²) in [5.41, 5.74) is 11.3. The lowest BCUT2D eigenvalue weighted by Crippen LogP contribution is -2.60. The summed E-state index contributed by atoms with van der Waals surface area (Å²) in [7, 11) is 0. The number of hydrogen-bond acceptors (Lipinski definition) is 6. The van der Waals surface area contributed by atoms with Gasteiger partial charge in [0.05, 0.1) is 12.6 Å². The van der Waals surface area contributed by atoms with E-state index in [1.165, 1.54) is 11.8 Å². The van der Waals surface area contributed by atoms with Crippen molar-refractivity contribution in [1.29, 1.82) is 0 Å². The fraction of sp³-hybridized carbons (Fsp3) is 0.818. The molecule has 0 aromatic carbocycles. The van der Waals surface area contributed by atoms with Crippen molar-refractivity contribution in [2.75, 3.05) is 18.8 Å². The van der Waals surface area contributed by atoms with Crippen LogP contribution >= 0.6 is 11.8 Å². The lowest BCUT2D eigenvalue weighted by atomic mass is 9.90. The number of thioether (sulfide) groups is 1. The van der Waals surface area contributed by atoms with E-state index >= 15 is 0 Å². The van der Waals surface area contributed by atoms with Crippen molar-refractivity contribution in [3.8, 4) is 0 Å². The molecule has 0 aromatic rings. The maximum atomic E-state index is 12.4. The summed E-state index contributed by atoms with van der Waals surface area (Å²) in [4.78, 5) is 23.1. The van der Waals surface area contributed by atoms with Gasteiger partial charge < -0.3 is 11.5 Å². The van der Waals surface area contributed by atoms with E-state index < -0.39 is 10.9 Å². The lowest BCUT2D eigenvalue weighted by molar-refractivity contribution is -0.132. The largest absolute Gasteiger partial charge is 0.324 e. The van der Waals surface area contributed by atoms with Crippen LogP contribution in [0, 0.1) is 5.92 Å². The summed E-state index contributed by atoms with van der Waals surface area (Å²) >= 11 is 1.32. The van der Waals surface area contributed by atoms with Crippen LogP contribution in [0.5, 0.6) is 0 Å². The number of nitrogens with one attached hydrogen (secondary N) is 1. The van der Waals surface area contributed by atoms with Crippen LogP contribution in [0.1, 0.15) is 20.3 Å². The highest BCUT2D eigenvalue weighted by molar-refractivity contribution is 8.02. The molecule has 5 N–H and O–H groups in total. The average molecular weight is 259 g/mol. The topological polar surface area (TPSA) is 98.2 Å². The van der Waals surface area contributed by atoms with Gasteiger partial charge in [-0.2, -0.15) is 0 Å². The van der Waals surface area contributed by atoms with Crippen molar-refractivity contribution in [2.45, 2.75) is 31.2 Å². The minimum atomic E-state index is -1.20. The molecule has 1 aliphatic rings. The molecule has 1 rings (SSSR count). The van der Waals surface area contributed by atoms with Crippen LogP contribution in [0.15, 0.2) is 0 Å². The first kappa shape index (κ1) is 14.6. The Morgan fingerprint density at radius 2 is 2.18 bits per heavy atom. The van der Waals surface area contributed by atoms with Gasteiger partial charge in [0.15, 0.2) is 16.4 Å². The Labute approximate surface area is 106 Å². The second-order valence-electron chi connectivity index (χ2n) is 4.36. The molecule has 0 amide bonds. The fourth-order valence-corrected chi connectivity index (χ4v) is 3.08. The number of carbonyl (C=O) groups is 2. The SMILES string of the molecule is CCC(C)C(N)C(=O)C1(C(=O)CN)NCCS1. The van der Waals surface area contributed by atoms with Gasteiger partial charge in [-0.1, -0.05) is 20.3 Å². The van der Waals surface area contributed by atoms with Gasteiger partial charge in [0.25, 0.3) is 0 Å². The lowest BCUT2D eigenvalue weighted by Gasteiger charge is -2.30. The van der Waals surface area contributed by atoms with Crippen molar-refractivity contribution in [3.63, 3.8) is 0 Å². The van der Waals surface area contributed by atoms with E-state index in [1.807, 2.05) is 13.8 Å². The Bertz CT molecular complexity index is 303. The van der Waals surface area contributed by atoms with E-state index in [2.05, 4.69) is 5.32 Å². The predicted octanol–water partition coefficient (Wildman–Crippen LogP) is -0.511. The molecule has 0 saturated carbocycles. The zero-order chi connectivity index (χ0) is 13.1. The highest BCUT2D eigenvalue weighted by Gasteiger charge is 2.49. The number of Topliss-reactive ketones (excluding diaryl/α,β-unsaturated/α-hetero) is 2. The molecule has 0 bridgehead atoms. The molecular formula is C11H21N3O2S. The number of nitrogens with two attached hydrogens (primary N) is 2. The van der Waals surface area contributed by atoms with Gasteiger partial charge in [0.1, 0.15) is 0 Å². The molecule has 0 aliphatic carbocycles. The summed E-state index contributed by atoms with van der Waals surface area (Å²) < 4.78 is 0. The van der Waals surface area contributed by atoms with E-state index in [0.717, 1.165) is 12.2 Å². The molecule has 1 fully saturated rings. The van der Waals surface area contributed by atoms with Crippen molar-refractivity contribution in [3.05, 3.63) is 0 Å². The van der Waals surface area contributed by atoms with Gasteiger partial charge in [0.2, 0.25) is 0 Å². The summed E-state index contributed by atoms with van der Waals surface area (Å²) in [6.07, 6.45) is 0.810. The Morgan fingerprint density at radius 1 is 1.53 bits per heavy atom. The summed E-state index contributed by atoms with van der Waals surface area (Å²) in [5, 5.41) is 2.98. The second kappa shape index (κ2) is 5.95. The maximum Gasteiger partial charge on any atom is 0.187 e. The first-order valence-corrected chi connectivity index (χ1v) is 6.90. The first-order valence-electron chi connectivity index (χ1n) is 5.91. The summed E-state index contributed by atoms with van der Waals surface area (Å²) in [6, 6.07) is -0.617. The molecule has 3 unspecified atom stereocenters. The number of ketones is 2. The fourth-order valence-electron chi connectivity index (χ4n) is 1.85. The van der Waals surface area contributed by atoms with E-state index in [-0.39, 0.29) is 24.0 Å². The van der Waals surface area contributed by atoms with Crippen LogP contribution in [-0.2, 0) is 9.59 Å². The minimum Gasteiger partial charge on any atom is -0.324 e. The summed E-state index contributed by atoms with van der Waals surface area (Å²) in [5.74, 6) is 0.284. The Hall–Kier alpha value is -0.430. The number of carbonyl (C=O) groups excluding carboxylic acids is 2. The van der Waals surface area contributed by atoms with Crippen molar-refractivity contribution >= 4 is 23.3 Å². The van der Waals surface area contributed by atoms with Crippen LogP contribution in [0.2, 0.25) is 0 Å². The maximum absolute atomic E-state index is 12.4. The third kappa shape index (κ3) is 2.70. The van der Waals surface area contributed by atoms with Gasteiger partial charge >= 0.3 is 0 Å². The first-order chi connectivity index (χ1) is 7.99. The predicted molar refractivity (Wildman–Crippen MR) is 69.7 cm³/mol. The van der Waals surface area contributed by atoms with Crippen LogP contribution in [0.3, 0.4) is 0 Å². The molecule has 1 aliphatic heterocycles. The van der Waals surface area contributed by atoms with Crippen LogP contribution in [0.25, 0.3) is 0 Å². The van der Waals surface area contributed by atoms with Crippen LogP contribution in [-0.4, -0.2) is 41.3 Å². The van der Waals surface area contributed by atoms with Crippen molar-refractivity contribution in [2.24, 2.45) is 17.4 Å². The molecular weight excluding hydrogens is 238 g/mol. The number of rotatable bonds is 6. The molecule has 6 heteroatoms. The molecule has 5 nitrogen and oxygen atoms in total. The zero-order valence-corrected chi connectivity index (χ0v) is 11.2. The highest BCUT2D eigenvalue weighted by Crippen LogP contribution is 2.31. The van der Waals surface area contributed by atoms with Crippen LogP contribution in [0.4, 0.5) is 0 Å². The molecule has 1 heterocycles. The van der Waals surface area contributed by atoms with E-state index in [0.29, 0.717) is 6.54 Å². The van der Waals surface area contributed by atoms with E-state index in [9.17, 15) is 9.59 Å². The Morgan fingerprint density at radius 3 is 2.59 bits per heavy atom. The third-order valence-corrected chi connectivity index (χ3v) is 4.69. The summed E-state index contributed by atoms with van der Waals surface area (Å²) in [6.45, 7) is 4.39. The monoisotopic (exact) mass is 259 g/mol. The molecule has 0 radical (unpaired) electrons. The molecule has 98 valence electrons. The van der Waals surface area contributed by atoms with E-state index in [1.54, 1.807) is 0 Å². The third-order valence-electron chi connectivity index (χ3n) is 3.28. The zero-order valence-electron chi connectivity index (χ0n) is 10.4. The van der Waals surface area contributed by atoms with Gasteiger partial charge in [-0.25, -0.2) is 0 Å². The van der Waals surface area contributed by atoms with Gasteiger partial charge in [-0.05, 0) is 5.92 Å².